The number of aliphatic hydroxyl groups excluding tert-OH is 6. The summed E-state index contributed by atoms with van der Waals surface area (Å²) in [6, 6.07) is -1.00. The number of hydrogen-bond donors (Lipinski definition) is 7. The summed E-state index contributed by atoms with van der Waals surface area (Å²) in [4.78, 5) is 13.0. The lowest BCUT2D eigenvalue weighted by molar-refractivity contribution is -0.302. The van der Waals surface area contributed by atoms with Crippen molar-refractivity contribution in [1.82, 2.24) is 5.32 Å². The van der Waals surface area contributed by atoms with Crippen molar-refractivity contribution in [1.29, 1.82) is 0 Å². The van der Waals surface area contributed by atoms with Crippen molar-refractivity contribution in [2.45, 2.75) is 223 Å². The molecule has 0 radical (unpaired) electrons. The molecule has 0 saturated carbocycles. The lowest BCUT2D eigenvalue weighted by atomic mass is 9.99. The first-order chi connectivity index (χ1) is 26.3. The largest absolute Gasteiger partial charge is 0.394 e. The number of nitrogens with one attached hydrogen (secondary N) is 1. The van der Waals surface area contributed by atoms with E-state index in [2.05, 4.69) is 43.5 Å². The van der Waals surface area contributed by atoms with Crippen LogP contribution in [0, 0.1) is 0 Å². The fourth-order valence-electron chi connectivity index (χ4n) is 6.64. The molecule has 8 atom stereocenters. The maximum Gasteiger partial charge on any atom is 0.249 e. The summed E-state index contributed by atoms with van der Waals surface area (Å²) < 4.78 is 11.1. The van der Waals surface area contributed by atoms with Crippen LogP contribution in [0.2, 0.25) is 0 Å². The first kappa shape index (κ1) is 50.4. The van der Waals surface area contributed by atoms with Crippen molar-refractivity contribution in [2.75, 3.05) is 13.2 Å². The van der Waals surface area contributed by atoms with Crippen molar-refractivity contribution in [3.8, 4) is 0 Å². The van der Waals surface area contributed by atoms with Crippen LogP contribution in [-0.2, 0) is 14.3 Å². The molecule has 0 aromatic carbocycles. The second kappa shape index (κ2) is 34.6. The molecule has 10 heteroatoms. The van der Waals surface area contributed by atoms with E-state index in [1.807, 2.05) is 6.08 Å². The van der Waals surface area contributed by atoms with Gasteiger partial charge < -0.3 is 45.4 Å². The van der Waals surface area contributed by atoms with Crippen LogP contribution < -0.4 is 5.32 Å². The highest BCUT2D eigenvalue weighted by Gasteiger charge is 2.44. The summed E-state index contributed by atoms with van der Waals surface area (Å²) in [6.45, 7) is 3.55. The third-order valence-corrected chi connectivity index (χ3v) is 10.3. The van der Waals surface area contributed by atoms with Crippen molar-refractivity contribution < 1.29 is 44.9 Å². The highest BCUT2D eigenvalue weighted by Crippen LogP contribution is 2.22. The molecule has 0 spiro atoms. The zero-order chi connectivity index (χ0) is 39.7. The minimum Gasteiger partial charge on any atom is -0.394 e. The number of amides is 1. The summed E-state index contributed by atoms with van der Waals surface area (Å²) in [5.74, 6) is -0.644. The molecule has 0 aliphatic carbocycles. The molecule has 0 bridgehead atoms. The third-order valence-electron chi connectivity index (χ3n) is 10.3. The lowest BCUT2D eigenvalue weighted by Gasteiger charge is -2.40. The molecular formula is C44H81NO9. The Morgan fingerprint density at radius 2 is 1.09 bits per heavy atom. The van der Waals surface area contributed by atoms with Crippen molar-refractivity contribution in [3.05, 3.63) is 36.5 Å². The van der Waals surface area contributed by atoms with Gasteiger partial charge in [0.05, 0.1) is 25.4 Å². The Kier molecular flexibility index (Phi) is 32.3. The monoisotopic (exact) mass is 768 g/mol. The first-order valence-electron chi connectivity index (χ1n) is 21.8. The topological polar surface area (TPSA) is 169 Å². The second-order valence-electron chi connectivity index (χ2n) is 15.3. The molecule has 0 aromatic rings. The minimum atomic E-state index is -1.62. The average Bonchev–Trinajstić information content (AvgIpc) is 3.17. The zero-order valence-corrected chi connectivity index (χ0v) is 34.1. The maximum atomic E-state index is 13.0. The van der Waals surface area contributed by atoms with Gasteiger partial charge in [-0.3, -0.25) is 4.79 Å². The van der Waals surface area contributed by atoms with Gasteiger partial charge in [-0.2, -0.15) is 0 Å². The van der Waals surface area contributed by atoms with Gasteiger partial charge in [0.15, 0.2) is 6.29 Å². The van der Waals surface area contributed by atoms with E-state index in [0.717, 1.165) is 32.1 Å². The second-order valence-corrected chi connectivity index (χ2v) is 15.3. The van der Waals surface area contributed by atoms with E-state index in [9.17, 15) is 35.4 Å². The molecule has 10 nitrogen and oxygen atoms in total. The van der Waals surface area contributed by atoms with E-state index < -0.39 is 61.5 Å². The molecule has 1 heterocycles. The minimum absolute atomic E-state index is 0.273. The Bertz CT molecular complexity index is 958. The average molecular weight is 768 g/mol. The van der Waals surface area contributed by atoms with Crippen LogP contribution in [0.15, 0.2) is 36.5 Å². The third kappa shape index (κ3) is 24.8. The Morgan fingerprint density at radius 3 is 1.61 bits per heavy atom. The molecule has 7 N–H and O–H groups in total. The molecule has 316 valence electrons. The van der Waals surface area contributed by atoms with Crippen molar-refractivity contribution in [3.63, 3.8) is 0 Å². The fourth-order valence-corrected chi connectivity index (χ4v) is 6.64. The summed E-state index contributed by atoms with van der Waals surface area (Å²) >= 11 is 0. The van der Waals surface area contributed by atoms with Gasteiger partial charge in [0.2, 0.25) is 5.91 Å². The van der Waals surface area contributed by atoms with E-state index >= 15 is 0 Å². The highest BCUT2D eigenvalue weighted by atomic mass is 16.7. The predicted molar refractivity (Wildman–Crippen MR) is 218 cm³/mol. The quantitative estimate of drug-likeness (QED) is 0.0256. The number of unbranched alkanes of at least 4 members (excludes halogenated alkanes) is 20. The standard InChI is InChI=1S/C44H81NO9/c1-3-5-7-9-11-13-15-17-18-19-21-22-24-26-28-30-32-37(47)36(35-53-44-42(51)41(50)40(49)39(34-46)54-44)45-43(52)38(48)33-31-29-27-25-23-20-16-14-12-10-8-6-4-2/h22-25,30,32,36-42,44,46-51H,3-21,26-29,31,33-35H2,1-2H3,(H,45,52)/b24-22+,25-23-,32-30+. The number of carbonyl (C=O) groups excluding carboxylic acids is 1. The van der Waals surface area contributed by atoms with E-state index in [4.69, 9.17) is 9.47 Å². The summed E-state index contributed by atoms with van der Waals surface area (Å²) in [7, 11) is 0. The van der Waals surface area contributed by atoms with Gasteiger partial charge in [0, 0.05) is 0 Å². The molecule has 1 fully saturated rings. The SMILES string of the molecule is CCCCCCCCC/C=C\CCCCC(O)C(=O)NC(COC1OC(CO)C(O)C(O)C1O)C(O)/C=C/CC/C=C/CCCCCCCCCCCC. The van der Waals surface area contributed by atoms with Gasteiger partial charge in [0.25, 0.3) is 0 Å². The Morgan fingerprint density at radius 1 is 0.630 bits per heavy atom. The van der Waals surface area contributed by atoms with E-state index in [1.54, 1.807) is 6.08 Å². The number of ether oxygens (including phenoxy) is 2. The molecule has 1 rings (SSSR count). The normalized spacial score (nSPS) is 22.4. The number of allylic oxidation sites excluding steroid dienone is 5. The Balaban J connectivity index is 2.51. The zero-order valence-electron chi connectivity index (χ0n) is 34.1. The van der Waals surface area contributed by atoms with Gasteiger partial charge in [0.1, 0.15) is 30.5 Å². The van der Waals surface area contributed by atoms with Crippen LogP contribution in [-0.4, -0.2) is 98.7 Å². The molecule has 54 heavy (non-hydrogen) atoms. The molecule has 1 saturated heterocycles. The molecule has 1 aliphatic rings. The molecule has 8 unspecified atom stereocenters. The van der Waals surface area contributed by atoms with Gasteiger partial charge in [-0.15, -0.1) is 0 Å². The van der Waals surface area contributed by atoms with E-state index in [0.29, 0.717) is 12.8 Å². The van der Waals surface area contributed by atoms with Gasteiger partial charge >= 0.3 is 0 Å². The van der Waals surface area contributed by atoms with Crippen LogP contribution in [0.4, 0.5) is 0 Å². The van der Waals surface area contributed by atoms with Crippen LogP contribution in [0.1, 0.15) is 174 Å². The van der Waals surface area contributed by atoms with E-state index in [1.165, 1.54) is 109 Å². The van der Waals surface area contributed by atoms with Crippen LogP contribution >= 0.6 is 0 Å². The van der Waals surface area contributed by atoms with Crippen LogP contribution in [0.25, 0.3) is 0 Å². The highest BCUT2D eigenvalue weighted by molar-refractivity contribution is 5.80. The van der Waals surface area contributed by atoms with Crippen LogP contribution in [0.5, 0.6) is 0 Å². The first-order valence-corrected chi connectivity index (χ1v) is 21.8. The van der Waals surface area contributed by atoms with Crippen molar-refractivity contribution >= 4 is 5.91 Å². The number of hydrogen-bond acceptors (Lipinski definition) is 9. The summed E-state index contributed by atoms with van der Waals surface area (Å²) in [6.07, 6.45) is 30.9. The maximum absolute atomic E-state index is 13.0. The van der Waals surface area contributed by atoms with Gasteiger partial charge in [-0.1, -0.05) is 153 Å². The van der Waals surface area contributed by atoms with Crippen LogP contribution in [0.3, 0.4) is 0 Å². The summed E-state index contributed by atoms with van der Waals surface area (Å²) in [5.41, 5.74) is 0. The number of carbonyl (C=O) groups is 1. The van der Waals surface area contributed by atoms with E-state index in [-0.39, 0.29) is 13.0 Å². The molecular weight excluding hydrogens is 686 g/mol. The fraction of sp³-hybridized carbons (Fsp3) is 0.841. The molecule has 1 amide bonds. The molecule has 0 aromatic heterocycles. The Hall–Kier alpha value is -1.63. The number of rotatable bonds is 35. The smallest absolute Gasteiger partial charge is 0.249 e. The summed E-state index contributed by atoms with van der Waals surface area (Å²) in [5, 5.41) is 64.4. The Labute approximate surface area is 328 Å². The lowest BCUT2D eigenvalue weighted by Crippen LogP contribution is -2.60. The van der Waals surface area contributed by atoms with Gasteiger partial charge in [-0.05, 0) is 57.8 Å². The molecule has 1 aliphatic heterocycles. The van der Waals surface area contributed by atoms with Crippen molar-refractivity contribution in [2.24, 2.45) is 0 Å². The number of aliphatic hydroxyl groups is 6. The van der Waals surface area contributed by atoms with Gasteiger partial charge in [-0.25, -0.2) is 0 Å². The predicted octanol–water partition coefficient (Wildman–Crippen LogP) is 7.47.